The molecule has 0 N–H and O–H groups in total. The molecule has 7 heteroatoms. The molecule has 4 nitrogen and oxygen atoms in total. The Morgan fingerprint density at radius 3 is 2.64 bits per heavy atom. The second-order valence-electron chi connectivity index (χ2n) is 2.44. The Morgan fingerprint density at radius 1 is 1.57 bits per heavy atom. The maximum Gasteiger partial charge on any atom is 0.297 e. The quantitative estimate of drug-likeness (QED) is 0.563. The molecule has 0 aliphatic heterocycles. The minimum absolute atomic E-state index is 0.0962. The van der Waals surface area contributed by atoms with Gasteiger partial charge in [-0.25, -0.2) is 18.2 Å². The first-order chi connectivity index (χ1) is 6.56. The van der Waals surface area contributed by atoms with E-state index in [9.17, 15) is 23.3 Å². The van der Waals surface area contributed by atoms with Crippen molar-refractivity contribution in [3.63, 3.8) is 0 Å². The number of hydrogen-bond donors (Lipinski definition) is 0. The van der Waals surface area contributed by atoms with Crippen molar-refractivity contribution < 1.29 is 18.1 Å². The highest BCUT2D eigenvalue weighted by Crippen LogP contribution is 2.27. The van der Waals surface area contributed by atoms with Crippen molar-refractivity contribution in [2.45, 2.75) is 13.1 Å². The van der Waals surface area contributed by atoms with Crippen molar-refractivity contribution in [3.05, 3.63) is 33.6 Å². The number of rotatable bonds is 3. The molecule has 0 aliphatic carbocycles. The van der Waals surface area contributed by atoms with Crippen LogP contribution in [-0.4, -0.2) is 9.91 Å². The Balaban J connectivity index is 3.24. The molecule has 1 aromatic heterocycles. The van der Waals surface area contributed by atoms with Crippen LogP contribution in [0.15, 0.2) is 12.3 Å². The van der Waals surface area contributed by atoms with Gasteiger partial charge in [0.05, 0.1) is 4.92 Å². The molecule has 0 fully saturated rings. The zero-order valence-corrected chi connectivity index (χ0v) is 6.78. The summed E-state index contributed by atoms with van der Waals surface area (Å²) in [5.41, 5.74) is -1.89. The van der Waals surface area contributed by atoms with E-state index in [4.69, 9.17) is 0 Å². The normalized spacial score (nSPS) is 10.6. The number of alkyl halides is 3. The average Bonchev–Trinajstić information content (AvgIpc) is 2.16. The Bertz CT molecular complexity index is 357. The smallest absolute Gasteiger partial charge is 0.258 e. The van der Waals surface area contributed by atoms with Gasteiger partial charge in [0.15, 0.2) is 5.69 Å². The van der Waals surface area contributed by atoms with Gasteiger partial charge in [0.25, 0.3) is 12.1 Å². The van der Waals surface area contributed by atoms with Crippen molar-refractivity contribution in [2.75, 3.05) is 0 Å². The predicted molar refractivity (Wildman–Crippen MR) is 40.7 cm³/mol. The van der Waals surface area contributed by atoms with E-state index in [0.717, 1.165) is 12.3 Å². The van der Waals surface area contributed by atoms with E-state index in [2.05, 4.69) is 4.98 Å². The van der Waals surface area contributed by atoms with Gasteiger partial charge in [-0.05, 0) is 0 Å². The summed E-state index contributed by atoms with van der Waals surface area (Å²) in [6, 6.07) is 0.758. The number of aromatic nitrogens is 1. The summed E-state index contributed by atoms with van der Waals surface area (Å²) >= 11 is 0. The van der Waals surface area contributed by atoms with E-state index in [-0.39, 0.29) is 5.56 Å². The van der Waals surface area contributed by atoms with Gasteiger partial charge in [-0.15, -0.1) is 0 Å². The molecule has 1 heterocycles. The maximum absolute atomic E-state index is 12.2. The number of halogens is 3. The van der Waals surface area contributed by atoms with Crippen LogP contribution < -0.4 is 0 Å². The van der Waals surface area contributed by atoms with E-state index >= 15 is 0 Å². The van der Waals surface area contributed by atoms with Crippen molar-refractivity contribution in [1.29, 1.82) is 0 Å². The highest BCUT2D eigenvalue weighted by molar-refractivity contribution is 5.38. The molecule has 0 atom stereocenters. The zero-order valence-electron chi connectivity index (χ0n) is 6.78. The van der Waals surface area contributed by atoms with Crippen molar-refractivity contribution in [3.8, 4) is 0 Å². The van der Waals surface area contributed by atoms with Crippen LogP contribution in [-0.2, 0) is 6.67 Å². The highest BCUT2D eigenvalue weighted by Gasteiger charge is 2.23. The second kappa shape index (κ2) is 4.03. The van der Waals surface area contributed by atoms with E-state index in [1.54, 1.807) is 0 Å². The third-order valence-electron chi connectivity index (χ3n) is 1.51. The molecular weight excluding hydrogens is 201 g/mol. The van der Waals surface area contributed by atoms with Crippen LogP contribution in [0, 0.1) is 10.1 Å². The van der Waals surface area contributed by atoms with E-state index in [0.29, 0.717) is 0 Å². The van der Waals surface area contributed by atoms with Gasteiger partial charge >= 0.3 is 0 Å². The Labute approximate surface area is 76.5 Å². The molecule has 0 aromatic carbocycles. The largest absolute Gasteiger partial charge is 0.297 e. The monoisotopic (exact) mass is 206 g/mol. The average molecular weight is 206 g/mol. The van der Waals surface area contributed by atoms with Crippen LogP contribution in [0.3, 0.4) is 0 Å². The Hall–Kier alpha value is -1.66. The summed E-state index contributed by atoms with van der Waals surface area (Å²) in [4.78, 5) is 12.4. The molecule has 0 amide bonds. The number of hydrogen-bond acceptors (Lipinski definition) is 3. The van der Waals surface area contributed by atoms with Gasteiger partial charge in [-0.1, -0.05) is 0 Å². The third kappa shape index (κ3) is 1.98. The predicted octanol–water partition coefficient (Wildman–Crippen LogP) is 2.40. The molecule has 0 saturated carbocycles. The molecule has 76 valence electrons. The summed E-state index contributed by atoms with van der Waals surface area (Å²) in [7, 11) is 0. The summed E-state index contributed by atoms with van der Waals surface area (Å²) in [6.07, 6.45) is -2.18. The van der Waals surface area contributed by atoms with Crippen LogP contribution in [0.4, 0.5) is 18.9 Å². The van der Waals surface area contributed by atoms with Crippen LogP contribution in [0.2, 0.25) is 0 Å². The van der Waals surface area contributed by atoms with E-state index in [1.165, 1.54) is 0 Å². The van der Waals surface area contributed by atoms with Gasteiger partial charge in [0.1, 0.15) is 6.67 Å². The number of nitrogens with zero attached hydrogens (tertiary/aromatic N) is 2. The van der Waals surface area contributed by atoms with Crippen molar-refractivity contribution in [1.82, 2.24) is 4.98 Å². The minimum Gasteiger partial charge on any atom is -0.258 e. The van der Waals surface area contributed by atoms with Gasteiger partial charge in [-0.3, -0.25) is 10.1 Å². The fourth-order valence-electron chi connectivity index (χ4n) is 0.893. The Kier molecular flexibility index (Phi) is 3.00. The van der Waals surface area contributed by atoms with E-state index in [1.807, 2.05) is 0 Å². The van der Waals surface area contributed by atoms with Gasteiger partial charge in [0, 0.05) is 17.8 Å². The Morgan fingerprint density at radius 2 is 2.21 bits per heavy atom. The van der Waals surface area contributed by atoms with Crippen LogP contribution >= 0.6 is 0 Å². The SMILES string of the molecule is O=[N+]([O-])c1cc(CF)cnc1C(F)F. The lowest BCUT2D eigenvalue weighted by Gasteiger charge is -2.01. The lowest BCUT2D eigenvalue weighted by molar-refractivity contribution is -0.386. The second-order valence-corrected chi connectivity index (χ2v) is 2.44. The van der Waals surface area contributed by atoms with Gasteiger partial charge in [-0.2, -0.15) is 0 Å². The molecule has 1 aromatic rings. The summed E-state index contributed by atoms with van der Waals surface area (Å²) in [5, 5.41) is 10.3. The lowest BCUT2D eigenvalue weighted by Crippen LogP contribution is -2.00. The van der Waals surface area contributed by atoms with Crippen LogP contribution in [0.5, 0.6) is 0 Å². The topological polar surface area (TPSA) is 56.0 Å². The number of nitro groups is 1. The summed E-state index contributed by atoms with van der Waals surface area (Å²) < 4.78 is 36.4. The summed E-state index contributed by atoms with van der Waals surface area (Å²) in [5.74, 6) is 0. The first-order valence-corrected chi connectivity index (χ1v) is 3.53. The molecule has 0 unspecified atom stereocenters. The molecule has 14 heavy (non-hydrogen) atoms. The van der Waals surface area contributed by atoms with Gasteiger partial charge < -0.3 is 0 Å². The maximum atomic E-state index is 12.2. The highest BCUT2D eigenvalue weighted by atomic mass is 19.3. The molecule has 0 spiro atoms. The molecule has 0 bridgehead atoms. The van der Waals surface area contributed by atoms with E-state index < -0.39 is 29.4 Å². The fourth-order valence-corrected chi connectivity index (χ4v) is 0.893. The van der Waals surface area contributed by atoms with Crippen LogP contribution in [0.1, 0.15) is 17.7 Å². The minimum atomic E-state index is -3.04. The third-order valence-corrected chi connectivity index (χ3v) is 1.51. The van der Waals surface area contributed by atoms with Gasteiger partial charge in [0.2, 0.25) is 0 Å². The van der Waals surface area contributed by atoms with Crippen LogP contribution in [0.25, 0.3) is 0 Å². The summed E-state index contributed by atoms with van der Waals surface area (Å²) in [6.45, 7) is -0.975. The van der Waals surface area contributed by atoms with Crippen molar-refractivity contribution in [2.24, 2.45) is 0 Å². The molecule has 1 rings (SSSR count). The molecule has 0 radical (unpaired) electrons. The fraction of sp³-hybridized carbons (Fsp3) is 0.286. The lowest BCUT2D eigenvalue weighted by atomic mass is 10.2. The first kappa shape index (κ1) is 10.4. The molecule has 0 saturated heterocycles. The first-order valence-electron chi connectivity index (χ1n) is 3.53. The standard InChI is InChI=1S/C7H5F3N2O2/c8-2-4-1-5(12(13)14)6(7(9)10)11-3-4/h1,3,7H,2H2. The van der Waals surface area contributed by atoms with Crippen molar-refractivity contribution >= 4 is 5.69 Å². The molecular formula is C7H5F3N2O2. The molecule has 0 aliphatic rings. The number of pyridine rings is 1. The zero-order chi connectivity index (χ0) is 10.7.